The highest BCUT2D eigenvalue weighted by Gasteiger charge is 2.31. The fourth-order valence-electron chi connectivity index (χ4n) is 2.04. The Morgan fingerprint density at radius 1 is 1.37 bits per heavy atom. The first kappa shape index (κ1) is 14.1. The van der Waals surface area contributed by atoms with Crippen molar-refractivity contribution in [3.05, 3.63) is 41.7 Å². The smallest absolute Gasteiger partial charge is 0.315 e. The van der Waals surface area contributed by atoms with Crippen molar-refractivity contribution in [1.29, 1.82) is 0 Å². The molecular formula is C14H17F3N2. The number of halogens is 3. The Morgan fingerprint density at radius 2 is 2.11 bits per heavy atom. The van der Waals surface area contributed by atoms with Gasteiger partial charge in [0.2, 0.25) is 0 Å². The topological polar surface area (TPSA) is 24.9 Å². The normalized spacial score (nSPS) is 16.2. The van der Waals surface area contributed by atoms with Gasteiger partial charge in [0, 0.05) is 25.2 Å². The second-order valence-corrected chi connectivity index (χ2v) is 4.92. The summed E-state index contributed by atoms with van der Waals surface area (Å²) < 4.78 is 37.0. The maximum atomic E-state index is 12.3. The van der Waals surface area contributed by atoms with Crippen LogP contribution in [0.4, 0.5) is 13.2 Å². The summed E-state index contributed by atoms with van der Waals surface area (Å²) >= 11 is 0. The lowest BCUT2D eigenvalue weighted by Crippen LogP contribution is -2.42. The van der Waals surface area contributed by atoms with E-state index in [9.17, 15) is 13.2 Å². The Labute approximate surface area is 110 Å². The Bertz CT molecular complexity index is 433. The molecule has 1 N–H and O–H groups in total. The van der Waals surface area contributed by atoms with Gasteiger partial charge in [0.05, 0.1) is 0 Å². The van der Waals surface area contributed by atoms with Gasteiger partial charge in [-0.2, -0.15) is 13.2 Å². The van der Waals surface area contributed by atoms with Gasteiger partial charge in [-0.25, -0.2) is 0 Å². The highest BCUT2D eigenvalue weighted by molar-refractivity contribution is 5.16. The van der Waals surface area contributed by atoms with Crippen molar-refractivity contribution in [2.24, 2.45) is 5.92 Å². The fourth-order valence-corrected chi connectivity index (χ4v) is 2.04. The van der Waals surface area contributed by atoms with Crippen LogP contribution in [0.1, 0.15) is 24.1 Å². The molecule has 0 aliphatic carbocycles. The third kappa shape index (κ3) is 3.80. The van der Waals surface area contributed by atoms with E-state index >= 15 is 0 Å². The summed E-state index contributed by atoms with van der Waals surface area (Å²) in [5.74, 6) is 0.575. The molecule has 0 amide bonds. The van der Waals surface area contributed by atoms with Gasteiger partial charge in [0.1, 0.15) is 5.69 Å². The van der Waals surface area contributed by atoms with Crippen LogP contribution in [-0.2, 0) is 12.6 Å². The van der Waals surface area contributed by atoms with Crippen LogP contribution in [0, 0.1) is 5.92 Å². The number of pyridine rings is 1. The van der Waals surface area contributed by atoms with Crippen molar-refractivity contribution < 1.29 is 13.2 Å². The van der Waals surface area contributed by atoms with Gasteiger partial charge >= 0.3 is 6.18 Å². The standard InChI is InChI=1S/C14H17F3N2/c1-10(12-8-18-9-12)3-2-4-11-5-6-13(19-7-11)14(15,16)17/h5-7,12,18H,1-4,8-9H2. The SMILES string of the molecule is C=C(CCCc1ccc(C(F)(F)F)nc1)C1CNC1. The summed E-state index contributed by atoms with van der Waals surface area (Å²) in [6, 6.07) is 2.55. The Morgan fingerprint density at radius 3 is 2.58 bits per heavy atom. The van der Waals surface area contributed by atoms with E-state index in [1.165, 1.54) is 17.8 Å². The Hall–Kier alpha value is -1.36. The average Bonchev–Trinajstić information content (AvgIpc) is 2.26. The van der Waals surface area contributed by atoms with Crippen molar-refractivity contribution in [2.45, 2.75) is 25.4 Å². The molecule has 1 aliphatic heterocycles. The molecule has 0 bridgehead atoms. The predicted molar refractivity (Wildman–Crippen MR) is 67.7 cm³/mol. The first-order valence-electron chi connectivity index (χ1n) is 6.37. The molecule has 5 heteroatoms. The predicted octanol–water partition coefficient (Wildman–Crippen LogP) is 3.20. The number of hydrogen-bond donors (Lipinski definition) is 1. The van der Waals surface area contributed by atoms with E-state index in [2.05, 4.69) is 16.9 Å². The quantitative estimate of drug-likeness (QED) is 0.831. The second kappa shape index (κ2) is 5.74. The number of nitrogens with one attached hydrogen (secondary N) is 1. The minimum absolute atomic E-state index is 0.575. The first-order chi connectivity index (χ1) is 8.97. The molecule has 0 spiro atoms. The summed E-state index contributed by atoms with van der Waals surface area (Å²) in [4.78, 5) is 3.45. The van der Waals surface area contributed by atoms with Crippen LogP contribution in [0.2, 0.25) is 0 Å². The number of alkyl halides is 3. The number of aryl methyl sites for hydroxylation is 1. The molecule has 2 nitrogen and oxygen atoms in total. The van der Waals surface area contributed by atoms with Gasteiger partial charge in [0.25, 0.3) is 0 Å². The molecule has 0 aromatic carbocycles. The van der Waals surface area contributed by atoms with Crippen LogP contribution in [-0.4, -0.2) is 18.1 Å². The maximum Gasteiger partial charge on any atom is 0.433 e. The molecule has 1 aromatic heterocycles. The summed E-state index contributed by atoms with van der Waals surface area (Å²) in [5, 5.41) is 3.19. The molecule has 0 unspecified atom stereocenters. The van der Waals surface area contributed by atoms with Crippen LogP contribution < -0.4 is 5.32 Å². The molecule has 1 saturated heterocycles. The number of aromatic nitrogens is 1. The van der Waals surface area contributed by atoms with Crippen molar-refractivity contribution in [2.75, 3.05) is 13.1 Å². The number of rotatable bonds is 5. The van der Waals surface area contributed by atoms with E-state index < -0.39 is 11.9 Å². The maximum absolute atomic E-state index is 12.3. The molecule has 19 heavy (non-hydrogen) atoms. The molecular weight excluding hydrogens is 253 g/mol. The van der Waals surface area contributed by atoms with Crippen molar-refractivity contribution in [3.8, 4) is 0 Å². The molecule has 0 saturated carbocycles. The summed E-state index contributed by atoms with van der Waals surface area (Å²) in [7, 11) is 0. The van der Waals surface area contributed by atoms with E-state index in [0.29, 0.717) is 5.92 Å². The van der Waals surface area contributed by atoms with E-state index in [-0.39, 0.29) is 0 Å². The third-order valence-corrected chi connectivity index (χ3v) is 3.44. The number of hydrogen-bond acceptors (Lipinski definition) is 2. The summed E-state index contributed by atoms with van der Waals surface area (Å²) in [6.07, 6.45) is -0.472. The van der Waals surface area contributed by atoms with E-state index in [0.717, 1.165) is 44.0 Å². The summed E-state index contributed by atoms with van der Waals surface area (Å²) in [5.41, 5.74) is 1.24. The zero-order chi connectivity index (χ0) is 13.9. The van der Waals surface area contributed by atoms with Crippen LogP contribution >= 0.6 is 0 Å². The zero-order valence-corrected chi connectivity index (χ0v) is 10.6. The van der Waals surface area contributed by atoms with Gasteiger partial charge in [0.15, 0.2) is 0 Å². The van der Waals surface area contributed by atoms with Gasteiger partial charge in [-0.1, -0.05) is 18.2 Å². The van der Waals surface area contributed by atoms with Crippen molar-refractivity contribution in [1.82, 2.24) is 10.3 Å². The Balaban J connectivity index is 1.78. The van der Waals surface area contributed by atoms with Gasteiger partial charge < -0.3 is 5.32 Å². The van der Waals surface area contributed by atoms with Crippen LogP contribution in [0.3, 0.4) is 0 Å². The van der Waals surface area contributed by atoms with E-state index in [4.69, 9.17) is 0 Å². The minimum atomic E-state index is -4.36. The molecule has 1 aromatic rings. The lowest BCUT2D eigenvalue weighted by atomic mass is 9.90. The number of nitrogens with zero attached hydrogens (tertiary/aromatic N) is 1. The van der Waals surface area contributed by atoms with E-state index in [1.54, 1.807) is 0 Å². The molecule has 0 radical (unpaired) electrons. The fraction of sp³-hybridized carbons (Fsp3) is 0.500. The summed E-state index contributed by atoms with van der Waals surface area (Å²) in [6.45, 7) is 6.05. The molecule has 1 fully saturated rings. The van der Waals surface area contributed by atoms with Crippen molar-refractivity contribution in [3.63, 3.8) is 0 Å². The lowest BCUT2D eigenvalue weighted by molar-refractivity contribution is -0.141. The molecule has 2 rings (SSSR count). The molecule has 1 aliphatic rings. The van der Waals surface area contributed by atoms with Gasteiger partial charge in [-0.3, -0.25) is 4.98 Å². The second-order valence-electron chi connectivity index (χ2n) is 4.92. The molecule has 0 atom stereocenters. The van der Waals surface area contributed by atoms with E-state index in [1.807, 2.05) is 0 Å². The molecule has 2 heterocycles. The lowest BCUT2D eigenvalue weighted by Gasteiger charge is -2.29. The monoisotopic (exact) mass is 270 g/mol. The first-order valence-corrected chi connectivity index (χ1v) is 6.37. The van der Waals surface area contributed by atoms with Crippen LogP contribution in [0.15, 0.2) is 30.5 Å². The van der Waals surface area contributed by atoms with Crippen LogP contribution in [0.5, 0.6) is 0 Å². The Kier molecular flexibility index (Phi) is 4.24. The van der Waals surface area contributed by atoms with Gasteiger partial charge in [-0.15, -0.1) is 0 Å². The molecule has 104 valence electrons. The van der Waals surface area contributed by atoms with Gasteiger partial charge in [-0.05, 0) is 30.9 Å². The largest absolute Gasteiger partial charge is 0.433 e. The zero-order valence-electron chi connectivity index (χ0n) is 10.6. The van der Waals surface area contributed by atoms with Crippen molar-refractivity contribution >= 4 is 0 Å². The average molecular weight is 270 g/mol. The highest BCUT2D eigenvalue weighted by Crippen LogP contribution is 2.27. The minimum Gasteiger partial charge on any atom is -0.315 e. The highest BCUT2D eigenvalue weighted by atomic mass is 19.4. The third-order valence-electron chi connectivity index (χ3n) is 3.44. The van der Waals surface area contributed by atoms with Crippen LogP contribution in [0.25, 0.3) is 0 Å².